The first-order chi connectivity index (χ1) is 10.5. The first kappa shape index (κ1) is 16.4. The van der Waals surface area contributed by atoms with Gasteiger partial charge < -0.3 is 0 Å². The number of hydrogen-bond donors (Lipinski definition) is 1. The summed E-state index contributed by atoms with van der Waals surface area (Å²) in [6.07, 6.45) is 1.01. The van der Waals surface area contributed by atoms with E-state index in [9.17, 15) is 14.9 Å². The van der Waals surface area contributed by atoms with Crippen LogP contribution in [-0.4, -0.2) is 26.3 Å². The maximum absolute atomic E-state index is 12.1. The van der Waals surface area contributed by atoms with Crippen molar-refractivity contribution in [2.24, 2.45) is 0 Å². The molecule has 0 saturated heterocycles. The number of nitrogens with one attached hydrogen (secondary N) is 1. The van der Waals surface area contributed by atoms with Gasteiger partial charge in [-0.05, 0) is 12.5 Å². The van der Waals surface area contributed by atoms with E-state index in [1.807, 2.05) is 0 Å². The van der Waals surface area contributed by atoms with E-state index in [0.29, 0.717) is 10.4 Å². The lowest BCUT2D eigenvalue weighted by Crippen LogP contribution is -2.11. The number of nitrogens with zero attached hydrogens (tertiary/aromatic N) is 3. The molecule has 0 fully saturated rings. The highest BCUT2D eigenvalue weighted by molar-refractivity contribution is 8.01. The number of aromatic nitrogens is 2. The molecular weight excluding hydrogens is 324 g/mol. The molecule has 1 aromatic carbocycles. The number of carbonyl (C=O) groups is 1. The molecule has 1 aromatic heterocycles. The van der Waals surface area contributed by atoms with Crippen molar-refractivity contribution in [3.8, 4) is 0 Å². The number of nitro groups is 1. The Bertz CT molecular complexity index is 689. The van der Waals surface area contributed by atoms with Crippen molar-refractivity contribution in [3.63, 3.8) is 0 Å². The molecule has 2 aromatic rings. The predicted octanol–water partition coefficient (Wildman–Crippen LogP) is 3.59. The van der Waals surface area contributed by atoms with E-state index in [4.69, 9.17) is 0 Å². The summed E-state index contributed by atoms with van der Waals surface area (Å²) in [5, 5.41) is 22.0. The summed E-state index contributed by atoms with van der Waals surface area (Å²) < 4.78 is 0.781. The zero-order chi connectivity index (χ0) is 16.1. The molecule has 7 nitrogen and oxygen atoms in total. The fraction of sp³-hybridized carbons (Fsp3) is 0.308. The number of nitro benzene ring substituents is 1. The number of amides is 1. The van der Waals surface area contributed by atoms with Crippen LogP contribution in [0.2, 0.25) is 0 Å². The van der Waals surface area contributed by atoms with Crippen LogP contribution in [0.25, 0.3) is 0 Å². The van der Waals surface area contributed by atoms with Gasteiger partial charge in [-0.3, -0.25) is 20.2 Å². The van der Waals surface area contributed by atoms with Gasteiger partial charge in [-0.25, -0.2) is 0 Å². The fourth-order valence-corrected chi connectivity index (χ4v) is 3.49. The number of anilines is 1. The van der Waals surface area contributed by atoms with E-state index >= 15 is 0 Å². The number of benzene rings is 1. The van der Waals surface area contributed by atoms with Crippen molar-refractivity contribution < 1.29 is 9.72 Å². The molecule has 1 N–H and O–H groups in total. The lowest BCUT2D eigenvalue weighted by atomic mass is 10.2. The van der Waals surface area contributed by atoms with Crippen LogP contribution >= 0.6 is 23.1 Å². The van der Waals surface area contributed by atoms with Gasteiger partial charge in [-0.2, -0.15) is 0 Å². The summed E-state index contributed by atoms with van der Waals surface area (Å²) in [5.41, 5.74) is 0.0819. The van der Waals surface area contributed by atoms with Crippen LogP contribution in [0.15, 0.2) is 28.6 Å². The SMILES string of the molecule is CCC(C)Sc1nnc(NC(=O)c2cccc([N+](=O)[O-])c2)s1. The summed E-state index contributed by atoms with van der Waals surface area (Å²) >= 11 is 2.88. The van der Waals surface area contributed by atoms with Crippen LogP contribution < -0.4 is 5.32 Å². The van der Waals surface area contributed by atoms with Gasteiger partial charge in [0.1, 0.15) is 0 Å². The maximum Gasteiger partial charge on any atom is 0.270 e. The van der Waals surface area contributed by atoms with Crippen molar-refractivity contribution in [2.45, 2.75) is 29.9 Å². The van der Waals surface area contributed by atoms with E-state index in [1.165, 1.54) is 35.6 Å². The first-order valence-corrected chi connectivity index (χ1v) is 8.25. The average molecular weight is 338 g/mol. The maximum atomic E-state index is 12.1. The third kappa shape index (κ3) is 4.25. The number of hydrogen-bond acceptors (Lipinski definition) is 7. The summed E-state index contributed by atoms with van der Waals surface area (Å²) in [5.74, 6) is -0.445. The number of carbonyl (C=O) groups excluding carboxylic acids is 1. The van der Waals surface area contributed by atoms with Crippen LogP contribution in [-0.2, 0) is 0 Å². The molecule has 0 saturated carbocycles. The van der Waals surface area contributed by atoms with Gasteiger partial charge in [-0.15, -0.1) is 10.2 Å². The molecule has 9 heteroatoms. The number of non-ortho nitro benzene ring substituents is 1. The van der Waals surface area contributed by atoms with Gasteiger partial charge in [0.05, 0.1) is 4.92 Å². The van der Waals surface area contributed by atoms with Crippen molar-refractivity contribution in [1.29, 1.82) is 0 Å². The van der Waals surface area contributed by atoms with Gasteiger partial charge in [-0.1, -0.05) is 43.0 Å². The second-order valence-corrected chi connectivity index (χ2v) is 7.13. The lowest BCUT2D eigenvalue weighted by molar-refractivity contribution is -0.384. The molecular formula is C13H14N4O3S2. The minimum atomic E-state index is -0.539. The molecule has 116 valence electrons. The Morgan fingerprint density at radius 3 is 2.95 bits per heavy atom. The van der Waals surface area contributed by atoms with E-state index in [1.54, 1.807) is 11.8 Å². The fourth-order valence-electron chi connectivity index (χ4n) is 1.49. The molecule has 0 aliphatic rings. The van der Waals surface area contributed by atoms with Crippen molar-refractivity contribution in [3.05, 3.63) is 39.9 Å². The summed E-state index contributed by atoms with van der Waals surface area (Å²) in [4.78, 5) is 22.3. The predicted molar refractivity (Wildman–Crippen MR) is 86.6 cm³/mol. The standard InChI is InChI=1S/C13H14N4O3S2/c1-3-8(2)21-13-16-15-12(22-13)14-11(18)9-5-4-6-10(7-9)17(19)20/h4-8H,3H2,1-2H3,(H,14,15,18). The van der Waals surface area contributed by atoms with E-state index < -0.39 is 10.8 Å². The summed E-state index contributed by atoms with van der Waals surface area (Å²) in [6.45, 7) is 4.18. The summed E-state index contributed by atoms with van der Waals surface area (Å²) in [6, 6.07) is 5.54. The summed E-state index contributed by atoms with van der Waals surface area (Å²) in [7, 11) is 0. The highest BCUT2D eigenvalue weighted by Gasteiger charge is 2.14. The van der Waals surface area contributed by atoms with Crippen LogP contribution in [0.4, 0.5) is 10.8 Å². The van der Waals surface area contributed by atoms with E-state index in [0.717, 1.165) is 10.8 Å². The van der Waals surface area contributed by atoms with E-state index in [2.05, 4.69) is 29.4 Å². The zero-order valence-corrected chi connectivity index (χ0v) is 13.6. The molecule has 2 rings (SSSR count). The minimum absolute atomic E-state index is 0.127. The normalized spacial score (nSPS) is 11.9. The highest BCUT2D eigenvalue weighted by atomic mass is 32.2. The monoisotopic (exact) mass is 338 g/mol. The van der Waals surface area contributed by atoms with Crippen LogP contribution in [0.3, 0.4) is 0 Å². The quantitative estimate of drug-likeness (QED) is 0.374. The Balaban J connectivity index is 2.06. The van der Waals surface area contributed by atoms with Gasteiger partial charge in [0.25, 0.3) is 11.6 Å². The Labute approximate surface area is 135 Å². The molecule has 0 radical (unpaired) electrons. The molecule has 0 bridgehead atoms. The van der Waals surface area contributed by atoms with E-state index in [-0.39, 0.29) is 11.3 Å². The van der Waals surface area contributed by atoms with Crippen molar-refractivity contribution >= 4 is 39.8 Å². The largest absolute Gasteiger partial charge is 0.296 e. The van der Waals surface area contributed by atoms with Gasteiger partial charge in [0, 0.05) is 22.9 Å². The van der Waals surface area contributed by atoms with Crippen LogP contribution in [0.1, 0.15) is 30.6 Å². The molecule has 0 aliphatic heterocycles. The minimum Gasteiger partial charge on any atom is -0.296 e. The first-order valence-electron chi connectivity index (χ1n) is 6.55. The van der Waals surface area contributed by atoms with Gasteiger partial charge >= 0.3 is 0 Å². The molecule has 1 unspecified atom stereocenters. The smallest absolute Gasteiger partial charge is 0.270 e. The Hall–Kier alpha value is -2.00. The third-order valence-electron chi connectivity index (χ3n) is 2.82. The average Bonchev–Trinajstić information content (AvgIpc) is 2.94. The topological polar surface area (TPSA) is 98.0 Å². The Morgan fingerprint density at radius 2 is 2.27 bits per heavy atom. The molecule has 1 atom stereocenters. The molecule has 0 spiro atoms. The molecule has 1 heterocycles. The van der Waals surface area contributed by atoms with Gasteiger partial charge in [0.15, 0.2) is 4.34 Å². The highest BCUT2D eigenvalue weighted by Crippen LogP contribution is 2.30. The number of rotatable bonds is 6. The Morgan fingerprint density at radius 1 is 1.50 bits per heavy atom. The zero-order valence-electron chi connectivity index (χ0n) is 12.0. The molecule has 0 aliphatic carbocycles. The molecule has 1 amide bonds. The second-order valence-electron chi connectivity index (χ2n) is 4.47. The third-order valence-corrected chi connectivity index (χ3v) is 5.01. The van der Waals surface area contributed by atoms with Gasteiger partial charge in [0.2, 0.25) is 5.13 Å². The second kappa shape index (κ2) is 7.32. The van der Waals surface area contributed by atoms with Crippen LogP contribution in [0, 0.1) is 10.1 Å². The van der Waals surface area contributed by atoms with Crippen LogP contribution in [0.5, 0.6) is 0 Å². The number of thioether (sulfide) groups is 1. The van der Waals surface area contributed by atoms with Crippen molar-refractivity contribution in [1.82, 2.24) is 10.2 Å². The lowest BCUT2D eigenvalue weighted by Gasteiger charge is -2.02. The van der Waals surface area contributed by atoms with Crippen molar-refractivity contribution in [2.75, 3.05) is 5.32 Å². The Kier molecular flexibility index (Phi) is 5.45. The molecule has 22 heavy (non-hydrogen) atoms.